The minimum atomic E-state index is 0.754. The molecule has 0 saturated carbocycles. The number of pyridine rings is 1. The average Bonchev–Trinajstić information content (AvgIpc) is 2.76. The second-order valence-corrected chi connectivity index (χ2v) is 3.62. The molecule has 0 bridgehead atoms. The number of hydrogen-bond donors (Lipinski definition) is 1. The Labute approximate surface area is 99.7 Å². The molecular weight excluding hydrogens is 218 g/mol. The minimum absolute atomic E-state index is 0.754. The molecule has 6 heteroatoms. The van der Waals surface area contributed by atoms with Gasteiger partial charge < -0.3 is 14.6 Å². The Morgan fingerprint density at radius 2 is 2.29 bits per heavy atom. The van der Waals surface area contributed by atoms with Crippen molar-refractivity contribution < 1.29 is 4.74 Å². The smallest absolute Gasteiger partial charge is 0.137 e. The molecule has 0 aliphatic heterocycles. The third-order valence-electron chi connectivity index (χ3n) is 2.43. The molecular formula is C11H15N5O. The third-order valence-corrected chi connectivity index (χ3v) is 2.43. The van der Waals surface area contributed by atoms with E-state index in [9.17, 15) is 0 Å². The summed E-state index contributed by atoms with van der Waals surface area (Å²) in [7, 11) is 3.55. The normalized spacial score (nSPS) is 10.2. The zero-order valence-corrected chi connectivity index (χ0v) is 9.92. The third kappa shape index (κ3) is 2.93. The molecule has 6 nitrogen and oxygen atoms in total. The van der Waals surface area contributed by atoms with Crippen LogP contribution < -0.4 is 10.1 Å². The number of methoxy groups -OCH3 is 1. The molecule has 2 heterocycles. The summed E-state index contributed by atoms with van der Waals surface area (Å²) in [4.78, 5) is 4.21. The monoisotopic (exact) mass is 233 g/mol. The summed E-state index contributed by atoms with van der Waals surface area (Å²) in [5.74, 6) is 2.53. The van der Waals surface area contributed by atoms with Crippen molar-refractivity contribution in [3.8, 4) is 5.75 Å². The van der Waals surface area contributed by atoms with Crippen LogP contribution in [-0.2, 0) is 13.5 Å². The van der Waals surface area contributed by atoms with Gasteiger partial charge in [-0.1, -0.05) is 0 Å². The van der Waals surface area contributed by atoms with Crippen LogP contribution in [0.15, 0.2) is 24.7 Å². The molecule has 2 rings (SSSR count). The molecule has 2 aromatic heterocycles. The molecule has 0 saturated heterocycles. The Bertz CT molecular complexity index is 465. The van der Waals surface area contributed by atoms with Crippen LogP contribution in [-0.4, -0.2) is 33.4 Å². The number of ether oxygens (including phenoxy) is 1. The van der Waals surface area contributed by atoms with Gasteiger partial charge in [-0.15, -0.1) is 10.2 Å². The zero-order chi connectivity index (χ0) is 12.1. The molecule has 2 aromatic rings. The first-order valence-electron chi connectivity index (χ1n) is 5.36. The number of anilines is 1. The Hall–Kier alpha value is -2.11. The van der Waals surface area contributed by atoms with Gasteiger partial charge in [0.15, 0.2) is 0 Å². The minimum Gasteiger partial charge on any atom is -0.495 e. The lowest BCUT2D eigenvalue weighted by atomic mass is 10.4. The van der Waals surface area contributed by atoms with Crippen molar-refractivity contribution in [1.29, 1.82) is 0 Å². The van der Waals surface area contributed by atoms with Gasteiger partial charge in [0.05, 0.1) is 13.3 Å². The van der Waals surface area contributed by atoms with E-state index in [4.69, 9.17) is 4.74 Å². The fraction of sp³-hybridized carbons (Fsp3) is 0.364. The van der Waals surface area contributed by atoms with E-state index in [1.165, 1.54) is 0 Å². The molecule has 0 atom stereocenters. The van der Waals surface area contributed by atoms with Gasteiger partial charge >= 0.3 is 0 Å². The maximum atomic E-state index is 5.04. The summed E-state index contributed by atoms with van der Waals surface area (Å²) in [6.45, 7) is 0.770. The van der Waals surface area contributed by atoms with Crippen LogP contribution >= 0.6 is 0 Å². The van der Waals surface area contributed by atoms with Gasteiger partial charge in [0.25, 0.3) is 0 Å². The summed E-state index contributed by atoms with van der Waals surface area (Å²) < 4.78 is 6.94. The van der Waals surface area contributed by atoms with Crippen molar-refractivity contribution in [3.63, 3.8) is 0 Å². The molecule has 0 unspecified atom stereocenters. The first-order valence-corrected chi connectivity index (χ1v) is 5.36. The van der Waals surface area contributed by atoms with Crippen LogP contribution in [0.25, 0.3) is 0 Å². The number of rotatable bonds is 5. The number of hydrogen-bond acceptors (Lipinski definition) is 5. The standard InChI is InChI=1S/C11H15N5O/c1-16-8-14-15-11(16)5-6-12-10-4-3-9(17-2)7-13-10/h3-4,7-8H,5-6H2,1-2H3,(H,12,13). The summed E-state index contributed by atoms with van der Waals surface area (Å²) in [6, 6.07) is 3.76. The van der Waals surface area contributed by atoms with Crippen molar-refractivity contribution in [2.45, 2.75) is 6.42 Å². The van der Waals surface area contributed by atoms with E-state index in [2.05, 4.69) is 20.5 Å². The van der Waals surface area contributed by atoms with Gasteiger partial charge in [-0.2, -0.15) is 0 Å². The highest BCUT2D eigenvalue weighted by Crippen LogP contribution is 2.10. The average molecular weight is 233 g/mol. The highest BCUT2D eigenvalue weighted by Gasteiger charge is 2.00. The van der Waals surface area contributed by atoms with Crippen molar-refractivity contribution in [3.05, 3.63) is 30.5 Å². The molecule has 0 radical (unpaired) electrons. The predicted octanol–water partition coefficient (Wildman–Crippen LogP) is 0.873. The highest BCUT2D eigenvalue weighted by atomic mass is 16.5. The first kappa shape index (κ1) is 11.4. The SMILES string of the molecule is COc1ccc(NCCc2nncn2C)nc1. The lowest BCUT2D eigenvalue weighted by Crippen LogP contribution is -2.09. The van der Waals surface area contributed by atoms with E-state index in [1.54, 1.807) is 19.6 Å². The van der Waals surface area contributed by atoms with E-state index in [0.717, 1.165) is 30.4 Å². The lowest BCUT2D eigenvalue weighted by Gasteiger charge is -2.05. The van der Waals surface area contributed by atoms with Crippen LogP contribution in [0.2, 0.25) is 0 Å². The summed E-state index contributed by atoms with van der Waals surface area (Å²) in [6.07, 6.45) is 4.19. The Morgan fingerprint density at radius 3 is 2.88 bits per heavy atom. The van der Waals surface area contributed by atoms with Crippen LogP contribution in [0.3, 0.4) is 0 Å². The Morgan fingerprint density at radius 1 is 1.41 bits per heavy atom. The van der Waals surface area contributed by atoms with Gasteiger partial charge in [-0.3, -0.25) is 0 Å². The molecule has 0 amide bonds. The van der Waals surface area contributed by atoms with Gasteiger partial charge in [0.2, 0.25) is 0 Å². The maximum absolute atomic E-state index is 5.04. The van der Waals surface area contributed by atoms with Crippen molar-refractivity contribution in [2.24, 2.45) is 7.05 Å². The van der Waals surface area contributed by atoms with Gasteiger partial charge in [0, 0.05) is 20.0 Å². The first-order chi connectivity index (χ1) is 8.29. The van der Waals surface area contributed by atoms with Crippen molar-refractivity contribution in [1.82, 2.24) is 19.7 Å². The molecule has 17 heavy (non-hydrogen) atoms. The quantitative estimate of drug-likeness (QED) is 0.830. The summed E-state index contributed by atoms with van der Waals surface area (Å²) >= 11 is 0. The lowest BCUT2D eigenvalue weighted by molar-refractivity contribution is 0.413. The van der Waals surface area contributed by atoms with Crippen LogP contribution in [0, 0.1) is 0 Å². The Balaban J connectivity index is 1.83. The second kappa shape index (κ2) is 5.29. The largest absolute Gasteiger partial charge is 0.495 e. The van der Waals surface area contributed by atoms with E-state index in [0.29, 0.717) is 0 Å². The number of aromatic nitrogens is 4. The van der Waals surface area contributed by atoms with Gasteiger partial charge in [0.1, 0.15) is 23.7 Å². The van der Waals surface area contributed by atoms with E-state index >= 15 is 0 Å². The number of nitrogens with zero attached hydrogens (tertiary/aromatic N) is 4. The molecule has 0 fully saturated rings. The molecule has 0 spiro atoms. The van der Waals surface area contributed by atoms with Gasteiger partial charge in [-0.25, -0.2) is 4.98 Å². The fourth-order valence-corrected chi connectivity index (χ4v) is 1.44. The molecule has 1 N–H and O–H groups in total. The van der Waals surface area contributed by atoms with E-state index < -0.39 is 0 Å². The summed E-state index contributed by atoms with van der Waals surface area (Å²) in [5, 5.41) is 11.0. The summed E-state index contributed by atoms with van der Waals surface area (Å²) in [5.41, 5.74) is 0. The molecule has 0 aromatic carbocycles. The van der Waals surface area contributed by atoms with Crippen LogP contribution in [0.1, 0.15) is 5.82 Å². The molecule has 90 valence electrons. The Kier molecular flexibility index (Phi) is 3.54. The maximum Gasteiger partial charge on any atom is 0.137 e. The van der Waals surface area contributed by atoms with Gasteiger partial charge in [-0.05, 0) is 12.1 Å². The molecule has 0 aliphatic rings. The molecule has 0 aliphatic carbocycles. The van der Waals surface area contributed by atoms with Crippen LogP contribution in [0.4, 0.5) is 5.82 Å². The van der Waals surface area contributed by atoms with Crippen LogP contribution in [0.5, 0.6) is 5.75 Å². The topological polar surface area (TPSA) is 64.9 Å². The van der Waals surface area contributed by atoms with E-state index in [1.807, 2.05) is 23.7 Å². The number of aryl methyl sites for hydroxylation is 1. The fourth-order valence-electron chi connectivity index (χ4n) is 1.44. The number of nitrogens with one attached hydrogen (secondary N) is 1. The zero-order valence-electron chi connectivity index (χ0n) is 9.92. The highest BCUT2D eigenvalue weighted by molar-refractivity contribution is 5.37. The van der Waals surface area contributed by atoms with Crippen molar-refractivity contribution in [2.75, 3.05) is 19.0 Å². The predicted molar refractivity (Wildman–Crippen MR) is 64.0 cm³/mol. The van der Waals surface area contributed by atoms with E-state index in [-0.39, 0.29) is 0 Å². The second-order valence-electron chi connectivity index (χ2n) is 3.62. The van der Waals surface area contributed by atoms with Crippen molar-refractivity contribution >= 4 is 5.82 Å².